The van der Waals surface area contributed by atoms with Gasteiger partial charge in [-0.3, -0.25) is 0 Å². The van der Waals surface area contributed by atoms with Gasteiger partial charge in [0.05, 0.1) is 10.3 Å². The van der Waals surface area contributed by atoms with E-state index in [9.17, 15) is 8.42 Å². The van der Waals surface area contributed by atoms with Crippen LogP contribution in [-0.2, 0) is 10.0 Å². The molecular weight excluding hydrogens is 408 g/mol. The van der Waals surface area contributed by atoms with E-state index in [1.807, 2.05) is 38.1 Å². The fourth-order valence-corrected chi connectivity index (χ4v) is 5.47. The van der Waals surface area contributed by atoms with Crippen molar-refractivity contribution in [2.24, 2.45) is 0 Å². The van der Waals surface area contributed by atoms with Gasteiger partial charge in [-0.25, -0.2) is 13.4 Å². The fraction of sp³-hybridized carbons (Fsp3) is 0.350. The minimum Gasteiger partial charge on any atom is -0.419 e. The van der Waals surface area contributed by atoms with Crippen molar-refractivity contribution in [2.75, 3.05) is 13.1 Å². The number of hydrogen-bond acceptors (Lipinski definition) is 7. The Kier molecular flexibility index (Phi) is 5.71. The van der Waals surface area contributed by atoms with Crippen LogP contribution in [0.2, 0.25) is 0 Å². The zero-order valence-corrected chi connectivity index (χ0v) is 17.9. The number of hydrogen-bond donors (Lipinski definition) is 0. The standard InChI is InChI=1S/C20H22N4O3S2/c1-14-6-5-7-16(12-14)20-23-22-19(27-20)15(2)28-18-9-8-17(13-21-18)29(25,26)24-10-3-4-11-24/h5-9,12-13,15H,3-4,10-11H2,1-2H3/t15-/m1/s1. The van der Waals surface area contributed by atoms with Crippen LogP contribution in [0.4, 0.5) is 0 Å². The Balaban J connectivity index is 1.45. The highest BCUT2D eigenvalue weighted by Gasteiger charge is 2.27. The minimum absolute atomic E-state index is 0.116. The van der Waals surface area contributed by atoms with E-state index in [2.05, 4.69) is 15.2 Å². The second-order valence-corrected chi connectivity index (χ2v) is 10.3. The Morgan fingerprint density at radius 2 is 1.93 bits per heavy atom. The monoisotopic (exact) mass is 430 g/mol. The summed E-state index contributed by atoms with van der Waals surface area (Å²) in [4.78, 5) is 4.56. The first kappa shape index (κ1) is 20.1. The van der Waals surface area contributed by atoms with Crippen LogP contribution in [0.5, 0.6) is 0 Å². The number of sulfonamides is 1. The second-order valence-electron chi connectivity index (χ2n) is 7.02. The number of benzene rings is 1. The van der Waals surface area contributed by atoms with Crippen molar-refractivity contribution in [1.29, 1.82) is 0 Å². The quantitative estimate of drug-likeness (QED) is 0.544. The molecule has 0 unspecified atom stereocenters. The molecule has 29 heavy (non-hydrogen) atoms. The maximum atomic E-state index is 12.6. The van der Waals surface area contributed by atoms with Gasteiger partial charge in [0.1, 0.15) is 4.90 Å². The summed E-state index contributed by atoms with van der Waals surface area (Å²) in [5.41, 5.74) is 2.01. The molecule has 3 aromatic rings. The van der Waals surface area contributed by atoms with E-state index in [0.29, 0.717) is 29.9 Å². The predicted molar refractivity (Wildman–Crippen MR) is 111 cm³/mol. The molecule has 0 saturated carbocycles. The number of aryl methyl sites for hydroxylation is 1. The van der Waals surface area contributed by atoms with Crippen LogP contribution in [0.25, 0.3) is 11.5 Å². The van der Waals surface area contributed by atoms with E-state index < -0.39 is 10.0 Å². The molecule has 9 heteroatoms. The first-order chi connectivity index (χ1) is 13.9. The van der Waals surface area contributed by atoms with Gasteiger partial charge in [-0.05, 0) is 51.0 Å². The molecule has 7 nitrogen and oxygen atoms in total. The number of rotatable bonds is 6. The Morgan fingerprint density at radius 1 is 1.14 bits per heavy atom. The molecule has 1 aliphatic heterocycles. The smallest absolute Gasteiger partial charge is 0.247 e. The number of aromatic nitrogens is 3. The topological polar surface area (TPSA) is 89.2 Å². The van der Waals surface area contributed by atoms with Crippen molar-refractivity contribution in [2.45, 2.75) is 41.9 Å². The van der Waals surface area contributed by atoms with Gasteiger partial charge in [-0.2, -0.15) is 4.31 Å². The minimum atomic E-state index is -3.45. The number of thioether (sulfide) groups is 1. The molecule has 0 bridgehead atoms. The summed E-state index contributed by atoms with van der Waals surface area (Å²) in [6, 6.07) is 11.2. The molecule has 3 heterocycles. The summed E-state index contributed by atoms with van der Waals surface area (Å²) < 4.78 is 32.5. The van der Waals surface area contributed by atoms with E-state index in [1.165, 1.54) is 22.3 Å². The molecule has 0 amide bonds. The van der Waals surface area contributed by atoms with Crippen LogP contribution >= 0.6 is 11.8 Å². The maximum Gasteiger partial charge on any atom is 0.247 e. The summed E-state index contributed by atoms with van der Waals surface area (Å²) in [5, 5.41) is 8.89. The molecule has 2 aromatic heterocycles. The van der Waals surface area contributed by atoms with E-state index in [4.69, 9.17) is 4.42 Å². The van der Waals surface area contributed by atoms with Crippen molar-refractivity contribution in [3.05, 3.63) is 54.0 Å². The Morgan fingerprint density at radius 3 is 2.62 bits per heavy atom. The first-order valence-corrected chi connectivity index (χ1v) is 11.8. The average Bonchev–Trinajstić information content (AvgIpc) is 3.41. The molecule has 0 spiro atoms. The lowest BCUT2D eigenvalue weighted by Gasteiger charge is -2.15. The lowest BCUT2D eigenvalue weighted by molar-refractivity contribution is 0.477. The van der Waals surface area contributed by atoms with E-state index >= 15 is 0 Å². The van der Waals surface area contributed by atoms with Crippen molar-refractivity contribution < 1.29 is 12.8 Å². The largest absolute Gasteiger partial charge is 0.419 e. The Hall–Kier alpha value is -2.23. The fourth-order valence-electron chi connectivity index (χ4n) is 3.19. The summed E-state index contributed by atoms with van der Waals surface area (Å²) in [6.07, 6.45) is 3.24. The van der Waals surface area contributed by atoms with Gasteiger partial charge >= 0.3 is 0 Å². The summed E-state index contributed by atoms with van der Waals surface area (Å²) in [6.45, 7) is 5.12. The predicted octanol–water partition coefficient (Wildman–Crippen LogP) is 4.08. The molecule has 0 N–H and O–H groups in total. The molecule has 1 fully saturated rings. The third-order valence-electron chi connectivity index (χ3n) is 4.76. The van der Waals surface area contributed by atoms with Crippen molar-refractivity contribution in [3.8, 4) is 11.5 Å². The van der Waals surface area contributed by atoms with Crippen LogP contribution in [0.3, 0.4) is 0 Å². The normalized spacial score (nSPS) is 16.2. The zero-order chi connectivity index (χ0) is 20.4. The van der Waals surface area contributed by atoms with Crippen LogP contribution in [0.15, 0.2) is 56.9 Å². The van der Waals surface area contributed by atoms with Gasteiger partial charge < -0.3 is 4.42 Å². The van der Waals surface area contributed by atoms with Gasteiger partial charge in [0.25, 0.3) is 0 Å². The molecule has 0 radical (unpaired) electrons. The SMILES string of the molecule is Cc1cccc(-c2nnc([C@@H](C)Sc3ccc(S(=O)(=O)N4CCCC4)cn3)o2)c1. The molecule has 1 atom stereocenters. The highest BCUT2D eigenvalue weighted by molar-refractivity contribution is 7.99. The number of pyridine rings is 1. The van der Waals surface area contributed by atoms with Gasteiger partial charge in [-0.15, -0.1) is 10.2 Å². The lowest BCUT2D eigenvalue weighted by Crippen LogP contribution is -2.27. The molecule has 0 aliphatic carbocycles. The van der Waals surface area contributed by atoms with Gasteiger partial charge in [0, 0.05) is 24.8 Å². The van der Waals surface area contributed by atoms with E-state index in [1.54, 1.807) is 12.1 Å². The van der Waals surface area contributed by atoms with Gasteiger partial charge in [0.15, 0.2) is 0 Å². The Labute approximate surface area is 174 Å². The van der Waals surface area contributed by atoms with Crippen molar-refractivity contribution >= 4 is 21.8 Å². The van der Waals surface area contributed by atoms with Crippen molar-refractivity contribution in [1.82, 2.24) is 19.5 Å². The van der Waals surface area contributed by atoms with Gasteiger partial charge in [-0.1, -0.05) is 29.5 Å². The third kappa shape index (κ3) is 4.36. The second kappa shape index (κ2) is 8.25. The zero-order valence-electron chi connectivity index (χ0n) is 16.3. The summed E-state index contributed by atoms with van der Waals surface area (Å²) in [5.74, 6) is 0.984. The Bertz CT molecular complexity index is 1090. The molecule has 1 aromatic carbocycles. The molecule has 1 saturated heterocycles. The highest BCUT2D eigenvalue weighted by atomic mass is 32.2. The third-order valence-corrected chi connectivity index (χ3v) is 7.68. The summed E-state index contributed by atoms with van der Waals surface area (Å²) in [7, 11) is -3.45. The lowest BCUT2D eigenvalue weighted by atomic mass is 10.1. The van der Waals surface area contributed by atoms with E-state index in [-0.39, 0.29) is 10.1 Å². The van der Waals surface area contributed by atoms with Crippen LogP contribution in [-0.4, -0.2) is 41.0 Å². The molecule has 152 valence electrons. The van der Waals surface area contributed by atoms with E-state index in [0.717, 1.165) is 24.0 Å². The van der Waals surface area contributed by atoms with Crippen molar-refractivity contribution in [3.63, 3.8) is 0 Å². The highest BCUT2D eigenvalue weighted by Crippen LogP contribution is 2.34. The molecule has 1 aliphatic rings. The van der Waals surface area contributed by atoms with Crippen LogP contribution < -0.4 is 0 Å². The summed E-state index contributed by atoms with van der Waals surface area (Å²) >= 11 is 1.44. The molecular formula is C20H22N4O3S2. The number of nitrogens with zero attached hydrogens (tertiary/aromatic N) is 4. The maximum absolute atomic E-state index is 12.6. The average molecular weight is 431 g/mol. The molecule has 4 rings (SSSR count). The van der Waals surface area contributed by atoms with Gasteiger partial charge in [0.2, 0.25) is 21.8 Å². The van der Waals surface area contributed by atoms with Crippen LogP contribution in [0.1, 0.15) is 36.5 Å². The first-order valence-electron chi connectivity index (χ1n) is 9.47. The van der Waals surface area contributed by atoms with Crippen LogP contribution in [0, 0.1) is 6.92 Å².